The molecule has 15 heavy (non-hydrogen) atoms. The van der Waals surface area contributed by atoms with Gasteiger partial charge in [-0.15, -0.1) is 0 Å². The highest BCUT2D eigenvalue weighted by atomic mass is 16.2. The molecule has 2 rings (SSSR count). The van der Waals surface area contributed by atoms with Crippen LogP contribution < -0.4 is 5.32 Å². The summed E-state index contributed by atoms with van der Waals surface area (Å²) in [6.07, 6.45) is 2.27. The SMILES string of the molecule is CN1CC(=O)N(CC2CCCN2)CC1=O. The van der Waals surface area contributed by atoms with E-state index in [1.165, 1.54) is 11.3 Å². The molecule has 0 aliphatic carbocycles. The van der Waals surface area contributed by atoms with Gasteiger partial charge < -0.3 is 15.1 Å². The Morgan fingerprint density at radius 1 is 1.33 bits per heavy atom. The lowest BCUT2D eigenvalue weighted by Gasteiger charge is -2.33. The maximum Gasteiger partial charge on any atom is 0.242 e. The topological polar surface area (TPSA) is 52.7 Å². The van der Waals surface area contributed by atoms with Gasteiger partial charge in [-0.2, -0.15) is 0 Å². The highest BCUT2D eigenvalue weighted by Gasteiger charge is 2.29. The zero-order valence-electron chi connectivity index (χ0n) is 9.03. The Labute approximate surface area is 89.4 Å². The minimum absolute atomic E-state index is 0.0348. The van der Waals surface area contributed by atoms with Gasteiger partial charge in [0.25, 0.3) is 0 Å². The minimum atomic E-state index is 0.0348. The quantitative estimate of drug-likeness (QED) is 0.640. The molecule has 2 saturated heterocycles. The van der Waals surface area contributed by atoms with Gasteiger partial charge in [0.2, 0.25) is 11.8 Å². The van der Waals surface area contributed by atoms with Crippen molar-refractivity contribution < 1.29 is 9.59 Å². The predicted octanol–water partition coefficient (Wildman–Crippen LogP) is -0.961. The number of piperazine rings is 1. The van der Waals surface area contributed by atoms with Gasteiger partial charge in [0, 0.05) is 19.6 Å². The molecule has 0 bridgehead atoms. The summed E-state index contributed by atoms with van der Waals surface area (Å²) in [5, 5.41) is 3.33. The Morgan fingerprint density at radius 2 is 2.13 bits per heavy atom. The number of nitrogens with zero attached hydrogens (tertiary/aromatic N) is 2. The molecule has 1 unspecified atom stereocenters. The van der Waals surface area contributed by atoms with Crippen molar-refractivity contribution in [1.29, 1.82) is 0 Å². The molecule has 5 nitrogen and oxygen atoms in total. The van der Waals surface area contributed by atoms with E-state index in [4.69, 9.17) is 0 Å². The van der Waals surface area contributed by atoms with Crippen molar-refractivity contribution in [2.45, 2.75) is 18.9 Å². The van der Waals surface area contributed by atoms with E-state index in [1.54, 1.807) is 11.9 Å². The lowest BCUT2D eigenvalue weighted by molar-refractivity contribution is -0.149. The number of rotatable bonds is 2. The number of hydrogen-bond acceptors (Lipinski definition) is 3. The molecule has 1 atom stereocenters. The monoisotopic (exact) mass is 211 g/mol. The Hall–Kier alpha value is -1.10. The van der Waals surface area contributed by atoms with E-state index >= 15 is 0 Å². The molecule has 84 valence electrons. The fourth-order valence-corrected chi connectivity index (χ4v) is 2.11. The summed E-state index contributed by atoms with van der Waals surface area (Å²) < 4.78 is 0. The van der Waals surface area contributed by atoms with Crippen LogP contribution in [0.1, 0.15) is 12.8 Å². The standard InChI is InChI=1S/C10H17N3O2/c1-12-6-10(15)13(7-9(12)14)5-8-3-2-4-11-8/h8,11H,2-7H2,1H3. The summed E-state index contributed by atoms with van der Waals surface area (Å²) in [6, 6.07) is 0.380. The van der Waals surface area contributed by atoms with Gasteiger partial charge in [0.1, 0.15) is 0 Å². The van der Waals surface area contributed by atoms with Crippen LogP contribution in [-0.4, -0.2) is 60.9 Å². The zero-order chi connectivity index (χ0) is 10.8. The fourth-order valence-electron chi connectivity index (χ4n) is 2.11. The van der Waals surface area contributed by atoms with E-state index in [0.29, 0.717) is 12.6 Å². The van der Waals surface area contributed by atoms with Crippen LogP contribution in [0.15, 0.2) is 0 Å². The van der Waals surface area contributed by atoms with E-state index in [0.717, 1.165) is 13.0 Å². The number of hydrogen-bond donors (Lipinski definition) is 1. The van der Waals surface area contributed by atoms with Crippen LogP contribution in [0.5, 0.6) is 0 Å². The third-order valence-corrected chi connectivity index (χ3v) is 3.08. The van der Waals surface area contributed by atoms with Crippen molar-refractivity contribution >= 4 is 11.8 Å². The third-order valence-electron chi connectivity index (χ3n) is 3.08. The maximum absolute atomic E-state index is 11.6. The van der Waals surface area contributed by atoms with Crippen molar-refractivity contribution in [3.8, 4) is 0 Å². The average Bonchev–Trinajstić information content (AvgIpc) is 2.67. The van der Waals surface area contributed by atoms with Crippen LogP contribution in [-0.2, 0) is 9.59 Å². The zero-order valence-corrected chi connectivity index (χ0v) is 9.03. The van der Waals surface area contributed by atoms with Crippen LogP contribution in [0.25, 0.3) is 0 Å². The molecule has 2 fully saturated rings. The summed E-state index contributed by atoms with van der Waals surface area (Å²) in [4.78, 5) is 26.2. The highest BCUT2D eigenvalue weighted by Crippen LogP contribution is 2.09. The predicted molar refractivity (Wildman–Crippen MR) is 55.2 cm³/mol. The number of nitrogens with one attached hydrogen (secondary N) is 1. The molecular weight excluding hydrogens is 194 g/mol. The molecule has 1 N–H and O–H groups in total. The Kier molecular flexibility index (Phi) is 2.90. The number of amides is 2. The van der Waals surface area contributed by atoms with E-state index in [-0.39, 0.29) is 24.9 Å². The molecule has 5 heteroatoms. The first-order valence-electron chi connectivity index (χ1n) is 5.42. The second-order valence-electron chi connectivity index (χ2n) is 4.32. The number of likely N-dealkylation sites (N-methyl/N-ethyl adjacent to an activating group) is 1. The Balaban J connectivity index is 1.90. The Bertz CT molecular complexity index is 274. The Morgan fingerprint density at radius 3 is 2.80 bits per heavy atom. The van der Waals surface area contributed by atoms with Crippen LogP contribution in [0, 0.1) is 0 Å². The van der Waals surface area contributed by atoms with E-state index < -0.39 is 0 Å². The second kappa shape index (κ2) is 4.18. The van der Waals surface area contributed by atoms with Crippen molar-refractivity contribution in [1.82, 2.24) is 15.1 Å². The van der Waals surface area contributed by atoms with E-state index in [1.807, 2.05) is 0 Å². The molecular formula is C10H17N3O2. The van der Waals surface area contributed by atoms with Crippen LogP contribution in [0.2, 0.25) is 0 Å². The first kappa shape index (κ1) is 10.4. The van der Waals surface area contributed by atoms with Crippen molar-refractivity contribution in [3.63, 3.8) is 0 Å². The molecule has 0 radical (unpaired) electrons. The minimum Gasteiger partial charge on any atom is -0.335 e. The average molecular weight is 211 g/mol. The van der Waals surface area contributed by atoms with Crippen LogP contribution in [0.3, 0.4) is 0 Å². The number of carbonyl (C=O) groups excluding carboxylic acids is 2. The molecule has 0 aromatic carbocycles. The van der Waals surface area contributed by atoms with Crippen LogP contribution >= 0.6 is 0 Å². The summed E-state index contributed by atoms with van der Waals surface area (Å²) in [5.41, 5.74) is 0. The van der Waals surface area contributed by atoms with Crippen molar-refractivity contribution in [2.24, 2.45) is 0 Å². The molecule has 2 aliphatic rings. The third kappa shape index (κ3) is 2.28. The smallest absolute Gasteiger partial charge is 0.242 e. The molecule has 2 heterocycles. The molecule has 2 amide bonds. The molecule has 0 saturated carbocycles. The van der Waals surface area contributed by atoms with Gasteiger partial charge in [-0.3, -0.25) is 9.59 Å². The van der Waals surface area contributed by atoms with Gasteiger partial charge in [-0.1, -0.05) is 0 Å². The maximum atomic E-state index is 11.6. The summed E-state index contributed by atoms with van der Waals surface area (Å²) in [5.74, 6) is 0.0957. The normalized spacial score (nSPS) is 27.7. The summed E-state index contributed by atoms with van der Waals surface area (Å²) in [7, 11) is 1.67. The molecule has 0 aromatic rings. The number of carbonyl (C=O) groups is 2. The van der Waals surface area contributed by atoms with Crippen LogP contribution in [0.4, 0.5) is 0 Å². The lowest BCUT2D eigenvalue weighted by Crippen LogP contribution is -2.54. The van der Waals surface area contributed by atoms with Gasteiger partial charge in [0.05, 0.1) is 13.1 Å². The molecule has 2 aliphatic heterocycles. The van der Waals surface area contributed by atoms with E-state index in [2.05, 4.69) is 5.32 Å². The molecule has 0 aromatic heterocycles. The van der Waals surface area contributed by atoms with Gasteiger partial charge in [-0.05, 0) is 19.4 Å². The highest BCUT2D eigenvalue weighted by molar-refractivity contribution is 5.92. The first-order valence-corrected chi connectivity index (χ1v) is 5.42. The van der Waals surface area contributed by atoms with Crippen molar-refractivity contribution in [3.05, 3.63) is 0 Å². The molecule has 0 spiro atoms. The lowest BCUT2D eigenvalue weighted by atomic mass is 10.2. The van der Waals surface area contributed by atoms with E-state index in [9.17, 15) is 9.59 Å². The summed E-state index contributed by atoms with van der Waals surface area (Å²) >= 11 is 0. The summed E-state index contributed by atoms with van der Waals surface area (Å²) in [6.45, 7) is 2.18. The second-order valence-corrected chi connectivity index (χ2v) is 4.32. The van der Waals surface area contributed by atoms with Gasteiger partial charge in [0.15, 0.2) is 0 Å². The first-order chi connectivity index (χ1) is 7.16. The van der Waals surface area contributed by atoms with Gasteiger partial charge in [-0.25, -0.2) is 0 Å². The fraction of sp³-hybridized carbons (Fsp3) is 0.800. The largest absolute Gasteiger partial charge is 0.335 e. The van der Waals surface area contributed by atoms with Crippen molar-refractivity contribution in [2.75, 3.05) is 33.2 Å². The van der Waals surface area contributed by atoms with Gasteiger partial charge >= 0.3 is 0 Å².